The van der Waals surface area contributed by atoms with Crippen molar-refractivity contribution in [3.63, 3.8) is 0 Å². The van der Waals surface area contributed by atoms with Gasteiger partial charge in [-0.3, -0.25) is 14.3 Å². The SMILES string of the molecule is Cn1nc(NC(=O)C(=O)NCC2(CO)CCC2)cc1C1CCCC1. The number of rotatable bonds is 5. The van der Waals surface area contributed by atoms with Crippen LogP contribution in [0.5, 0.6) is 0 Å². The van der Waals surface area contributed by atoms with Crippen molar-refractivity contribution in [1.29, 1.82) is 0 Å². The zero-order valence-electron chi connectivity index (χ0n) is 14.2. The minimum absolute atomic E-state index is 0.0416. The lowest BCUT2D eigenvalue weighted by molar-refractivity contribution is -0.136. The van der Waals surface area contributed by atoms with E-state index in [9.17, 15) is 14.7 Å². The maximum absolute atomic E-state index is 12.0. The molecule has 1 aromatic heterocycles. The van der Waals surface area contributed by atoms with E-state index >= 15 is 0 Å². The van der Waals surface area contributed by atoms with Gasteiger partial charge in [-0.05, 0) is 25.7 Å². The van der Waals surface area contributed by atoms with E-state index in [0.717, 1.165) is 37.8 Å². The van der Waals surface area contributed by atoms with Crippen LogP contribution < -0.4 is 10.6 Å². The Kier molecular flexibility index (Phi) is 4.89. The monoisotopic (exact) mass is 334 g/mol. The highest BCUT2D eigenvalue weighted by molar-refractivity contribution is 6.39. The number of aliphatic hydroxyl groups excluding tert-OH is 1. The van der Waals surface area contributed by atoms with Gasteiger partial charge in [0, 0.05) is 36.7 Å². The molecular formula is C17H26N4O3. The number of amides is 2. The van der Waals surface area contributed by atoms with Crippen LogP contribution >= 0.6 is 0 Å². The lowest BCUT2D eigenvalue weighted by Crippen LogP contribution is -2.47. The van der Waals surface area contributed by atoms with Gasteiger partial charge >= 0.3 is 11.8 Å². The predicted octanol–water partition coefficient (Wildman–Crippen LogP) is 1.29. The molecule has 0 aromatic carbocycles. The molecule has 0 unspecified atom stereocenters. The Morgan fingerprint density at radius 3 is 2.58 bits per heavy atom. The topological polar surface area (TPSA) is 96.2 Å². The molecule has 7 nitrogen and oxygen atoms in total. The molecule has 2 aliphatic carbocycles. The standard InChI is InChI=1S/C17H26N4O3/c1-21-13(12-5-2-3-6-12)9-14(20-21)19-16(24)15(23)18-10-17(11-22)7-4-8-17/h9,12,22H,2-8,10-11H2,1H3,(H,18,23)(H,19,20,24). The van der Waals surface area contributed by atoms with E-state index in [0.29, 0.717) is 18.3 Å². The second-order valence-corrected chi connectivity index (χ2v) is 7.21. The highest BCUT2D eigenvalue weighted by Gasteiger charge is 2.37. The average Bonchev–Trinajstić information content (AvgIpc) is 3.15. The van der Waals surface area contributed by atoms with Gasteiger partial charge in [0.2, 0.25) is 0 Å². The molecule has 1 heterocycles. The van der Waals surface area contributed by atoms with E-state index in [-0.39, 0.29) is 12.0 Å². The third kappa shape index (κ3) is 3.45. The van der Waals surface area contributed by atoms with Crippen molar-refractivity contribution in [1.82, 2.24) is 15.1 Å². The summed E-state index contributed by atoms with van der Waals surface area (Å²) in [4.78, 5) is 24.0. The quantitative estimate of drug-likeness (QED) is 0.707. The number of carbonyl (C=O) groups is 2. The molecule has 0 saturated heterocycles. The first kappa shape index (κ1) is 17.0. The highest BCUT2D eigenvalue weighted by atomic mass is 16.3. The molecule has 0 spiro atoms. The number of aliphatic hydroxyl groups is 1. The van der Waals surface area contributed by atoms with Crippen LogP contribution in [0.3, 0.4) is 0 Å². The number of hydrogen-bond donors (Lipinski definition) is 3. The molecule has 132 valence electrons. The summed E-state index contributed by atoms with van der Waals surface area (Å²) in [6, 6.07) is 1.86. The summed E-state index contributed by atoms with van der Waals surface area (Å²) in [5.74, 6) is -0.480. The number of hydrogen-bond acceptors (Lipinski definition) is 4. The summed E-state index contributed by atoms with van der Waals surface area (Å²) in [7, 11) is 1.87. The minimum Gasteiger partial charge on any atom is -0.396 e. The van der Waals surface area contributed by atoms with Gasteiger partial charge in [0.25, 0.3) is 0 Å². The van der Waals surface area contributed by atoms with Crippen molar-refractivity contribution >= 4 is 17.6 Å². The fourth-order valence-electron chi connectivity index (χ4n) is 3.74. The van der Waals surface area contributed by atoms with Crippen molar-refractivity contribution in [3.8, 4) is 0 Å². The van der Waals surface area contributed by atoms with Crippen molar-refractivity contribution in [2.45, 2.75) is 50.9 Å². The first-order valence-electron chi connectivity index (χ1n) is 8.77. The van der Waals surface area contributed by atoms with Gasteiger partial charge in [-0.25, -0.2) is 0 Å². The first-order valence-corrected chi connectivity index (χ1v) is 8.77. The Balaban J connectivity index is 1.54. The summed E-state index contributed by atoms with van der Waals surface area (Å²) < 4.78 is 1.79. The van der Waals surface area contributed by atoms with Gasteiger partial charge in [0.15, 0.2) is 5.82 Å². The molecule has 0 radical (unpaired) electrons. The molecule has 2 saturated carbocycles. The Hall–Kier alpha value is -1.89. The first-order chi connectivity index (χ1) is 11.5. The fourth-order valence-corrected chi connectivity index (χ4v) is 3.74. The Morgan fingerprint density at radius 1 is 1.29 bits per heavy atom. The van der Waals surface area contributed by atoms with Crippen LogP contribution in [0.1, 0.15) is 56.6 Å². The Bertz CT molecular complexity index is 610. The molecule has 2 amide bonds. The van der Waals surface area contributed by atoms with Gasteiger partial charge in [0.05, 0.1) is 6.61 Å². The lowest BCUT2D eigenvalue weighted by Gasteiger charge is -2.40. The molecule has 2 fully saturated rings. The number of nitrogens with zero attached hydrogens (tertiary/aromatic N) is 2. The fraction of sp³-hybridized carbons (Fsp3) is 0.706. The molecule has 2 aliphatic rings. The van der Waals surface area contributed by atoms with Crippen molar-refractivity contribution in [2.75, 3.05) is 18.5 Å². The average molecular weight is 334 g/mol. The second kappa shape index (κ2) is 6.93. The molecule has 3 rings (SSSR count). The van der Waals surface area contributed by atoms with Gasteiger partial charge < -0.3 is 15.7 Å². The van der Waals surface area contributed by atoms with E-state index in [1.165, 1.54) is 12.8 Å². The van der Waals surface area contributed by atoms with E-state index < -0.39 is 11.8 Å². The molecule has 1 aromatic rings. The number of aryl methyl sites for hydroxylation is 1. The van der Waals surface area contributed by atoms with Crippen LogP contribution in [0.4, 0.5) is 5.82 Å². The van der Waals surface area contributed by atoms with Crippen LogP contribution in [-0.4, -0.2) is 39.9 Å². The molecular weight excluding hydrogens is 308 g/mol. The number of nitrogens with one attached hydrogen (secondary N) is 2. The number of carbonyl (C=O) groups excluding carboxylic acids is 2. The molecule has 3 N–H and O–H groups in total. The number of anilines is 1. The van der Waals surface area contributed by atoms with Crippen LogP contribution in [0.25, 0.3) is 0 Å². The van der Waals surface area contributed by atoms with Crippen LogP contribution in [-0.2, 0) is 16.6 Å². The summed E-state index contributed by atoms with van der Waals surface area (Å²) in [5.41, 5.74) is 0.869. The van der Waals surface area contributed by atoms with E-state index in [1.54, 1.807) is 4.68 Å². The predicted molar refractivity (Wildman–Crippen MR) is 89.4 cm³/mol. The largest absolute Gasteiger partial charge is 0.396 e. The summed E-state index contributed by atoms with van der Waals surface area (Å²) in [5, 5.41) is 18.9. The van der Waals surface area contributed by atoms with Gasteiger partial charge in [0.1, 0.15) is 0 Å². The van der Waals surface area contributed by atoms with Crippen molar-refractivity contribution < 1.29 is 14.7 Å². The molecule has 7 heteroatoms. The van der Waals surface area contributed by atoms with Gasteiger partial charge in [-0.1, -0.05) is 19.3 Å². The molecule has 24 heavy (non-hydrogen) atoms. The van der Waals surface area contributed by atoms with E-state index in [1.807, 2.05) is 13.1 Å². The van der Waals surface area contributed by atoms with Crippen LogP contribution in [0, 0.1) is 5.41 Å². The maximum atomic E-state index is 12.0. The summed E-state index contributed by atoms with van der Waals surface area (Å²) in [6.07, 6.45) is 7.58. The third-order valence-electron chi connectivity index (χ3n) is 5.51. The maximum Gasteiger partial charge on any atom is 0.314 e. The molecule has 0 atom stereocenters. The number of aromatic nitrogens is 2. The lowest BCUT2D eigenvalue weighted by atomic mass is 9.69. The summed E-state index contributed by atoms with van der Waals surface area (Å²) >= 11 is 0. The smallest absolute Gasteiger partial charge is 0.314 e. The zero-order chi connectivity index (χ0) is 17.2. The molecule has 0 aliphatic heterocycles. The van der Waals surface area contributed by atoms with Crippen molar-refractivity contribution in [3.05, 3.63) is 11.8 Å². The van der Waals surface area contributed by atoms with Gasteiger partial charge in [-0.2, -0.15) is 5.10 Å². The Morgan fingerprint density at radius 2 is 2.00 bits per heavy atom. The van der Waals surface area contributed by atoms with E-state index in [2.05, 4.69) is 15.7 Å². The van der Waals surface area contributed by atoms with Crippen molar-refractivity contribution in [2.24, 2.45) is 12.5 Å². The highest BCUT2D eigenvalue weighted by Crippen LogP contribution is 2.39. The normalized spacial score (nSPS) is 19.8. The zero-order valence-corrected chi connectivity index (χ0v) is 14.2. The Labute approximate surface area is 141 Å². The minimum atomic E-state index is -0.710. The van der Waals surface area contributed by atoms with Gasteiger partial charge in [-0.15, -0.1) is 0 Å². The molecule has 0 bridgehead atoms. The van der Waals surface area contributed by atoms with E-state index in [4.69, 9.17) is 0 Å². The summed E-state index contributed by atoms with van der Waals surface area (Å²) in [6.45, 7) is 0.380. The van der Waals surface area contributed by atoms with Crippen LogP contribution in [0.2, 0.25) is 0 Å². The second-order valence-electron chi connectivity index (χ2n) is 7.21. The van der Waals surface area contributed by atoms with Crippen LogP contribution in [0.15, 0.2) is 6.07 Å². The third-order valence-corrected chi connectivity index (χ3v) is 5.51.